The molecule has 2 heteroatoms. The fourth-order valence-corrected chi connectivity index (χ4v) is 4.78. The summed E-state index contributed by atoms with van der Waals surface area (Å²) in [5, 5.41) is 0. The van der Waals surface area contributed by atoms with Gasteiger partial charge in [-0.25, -0.2) is 0 Å². The molecule has 3 aliphatic heterocycles. The first-order chi connectivity index (χ1) is 4.37. The zero-order valence-corrected chi connectivity index (χ0v) is 4.99. The Bertz CT molecular complexity index is 209. The first-order valence-electron chi connectivity index (χ1n) is 3.94. The third kappa shape index (κ3) is 0.0955. The van der Waals surface area contributed by atoms with Gasteiger partial charge in [0.1, 0.15) is 0 Å². The topological polar surface area (TPSA) is 29.3 Å². The van der Waals surface area contributed by atoms with E-state index >= 15 is 0 Å². The lowest BCUT2D eigenvalue weighted by molar-refractivity contribution is -0.592. The number of rotatable bonds is 0. The van der Waals surface area contributed by atoms with Crippen LogP contribution < -0.4 is 5.73 Å². The Hall–Kier alpha value is -0.0800. The minimum absolute atomic E-state index is 0.300. The molecule has 3 unspecified atom stereocenters. The molecule has 46 valence electrons. The van der Waals surface area contributed by atoms with E-state index in [2.05, 4.69) is 4.90 Å². The van der Waals surface area contributed by atoms with Gasteiger partial charge in [-0.2, -0.15) is 0 Å². The number of nitrogens with zero attached hydrogens (tertiary/aromatic N) is 1. The fraction of sp³-hybridized carbons (Fsp3) is 1.00. The van der Waals surface area contributed by atoms with Gasteiger partial charge < -0.3 is 5.73 Å². The summed E-state index contributed by atoms with van der Waals surface area (Å²) in [6.07, 6.45) is 0. The van der Waals surface area contributed by atoms with E-state index < -0.39 is 0 Å². The second-order valence-electron chi connectivity index (χ2n) is 4.48. The van der Waals surface area contributed by atoms with E-state index in [0.717, 1.165) is 35.8 Å². The van der Waals surface area contributed by atoms with Crippen molar-refractivity contribution in [1.82, 2.24) is 4.90 Å². The van der Waals surface area contributed by atoms with Crippen LogP contribution in [0.15, 0.2) is 0 Å². The Balaban J connectivity index is 1.93. The standard InChI is InChI=1S/C7H8N2/c8-7-3-1-2-5(3)9(7)6(2)4(1)7/h1-6H,8H2/t1?,2?,3-,4+,5+,6-,7?. The third-order valence-electron chi connectivity index (χ3n) is 4.96. The maximum Gasteiger partial charge on any atom is 0.0786 e. The number of hydrogen-bond donors (Lipinski definition) is 1. The second kappa shape index (κ2) is 0.523. The van der Waals surface area contributed by atoms with Gasteiger partial charge in [-0.05, 0) is 11.8 Å². The highest BCUT2D eigenvalue weighted by Gasteiger charge is 3.03. The summed E-state index contributed by atoms with van der Waals surface area (Å²) >= 11 is 0. The average Bonchev–Trinajstić information content (AvgIpc) is 1.88. The molecule has 0 bridgehead atoms. The summed E-state index contributed by atoms with van der Waals surface area (Å²) in [5.74, 6) is 4.26. The molecule has 9 heavy (non-hydrogen) atoms. The molecular formula is C7H8N2. The molecule has 0 radical (unpaired) electrons. The summed E-state index contributed by atoms with van der Waals surface area (Å²) in [7, 11) is 0. The molecule has 0 aromatic carbocycles. The van der Waals surface area contributed by atoms with Gasteiger partial charge in [-0.15, -0.1) is 0 Å². The van der Waals surface area contributed by atoms with Crippen LogP contribution in [-0.4, -0.2) is 22.6 Å². The van der Waals surface area contributed by atoms with Crippen molar-refractivity contribution in [2.75, 3.05) is 0 Å². The van der Waals surface area contributed by atoms with Gasteiger partial charge in [-0.1, -0.05) is 0 Å². The Morgan fingerprint density at radius 2 is 1.78 bits per heavy atom. The predicted molar refractivity (Wildman–Crippen MR) is 30.3 cm³/mol. The molecule has 2 N–H and O–H groups in total. The maximum absolute atomic E-state index is 6.11. The summed E-state index contributed by atoms with van der Waals surface area (Å²) in [4.78, 5) is 2.56. The zero-order valence-electron chi connectivity index (χ0n) is 4.99. The summed E-state index contributed by atoms with van der Waals surface area (Å²) in [6.45, 7) is 0. The quantitative estimate of drug-likeness (QED) is 0.454. The second-order valence-corrected chi connectivity index (χ2v) is 4.48. The van der Waals surface area contributed by atoms with Gasteiger partial charge in [0, 0.05) is 23.9 Å². The van der Waals surface area contributed by atoms with Gasteiger partial charge >= 0.3 is 0 Å². The molecule has 0 amide bonds. The third-order valence-corrected chi connectivity index (χ3v) is 4.96. The Morgan fingerprint density at radius 1 is 1.11 bits per heavy atom. The van der Waals surface area contributed by atoms with Crippen LogP contribution >= 0.6 is 0 Å². The van der Waals surface area contributed by atoms with Crippen LogP contribution in [0.3, 0.4) is 0 Å². The van der Waals surface area contributed by atoms with Crippen molar-refractivity contribution in [1.29, 1.82) is 0 Å². The normalized spacial score (nSPS) is 99.7. The molecule has 3 saturated carbocycles. The van der Waals surface area contributed by atoms with Crippen LogP contribution in [0.4, 0.5) is 0 Å². The largest absolute Gasteiger partial charge is 0.313 e. The van der Waals surface area contributed by atoms with E-state index in [0.29, 0.717) is 5.66 Å². The molecule has 0 aromatic heterocycles. The van der Waals surface area contributed by atoms with Crippen molar-refractivity contribution >= 4 is 0 Å². The highest BCUT2D eigenvalue weighted by atomic mass is 15.6. The lowest BCUT2D eigenvalue weighted by Crippen LogP contribution is -3.19. The monoisotopic (exact) mass is 120 g/mol. The smallest absolute Gasteiger partial charge is 0.0786 e. The van der Waals surface area contributed by atoms with Crippen molar-refractivity contribution < 1.29 is 0 Å². The summed E-state index contributed by atoms with van der Waals surface area (Å²) in [5.41, 5.74) is 6.41. The lowest BCUT2D eigenvalue weighted by atomic mass is 9.14. The summed E-state index contributed by atoms with van der Waals surface area (Å²) < 4.78 is 0. The maximum atomic E-state index is 6.11. The summed E-state index contributed by atoms with van der Waals surface area (Å²) in [6, 6.07) is 2.02. The van der Waals surface area contributed by atoms with E-state index in [4.69, 9.17) is 5.73 Å². The minimum Gasteiger partial charge on any atom is -0.313 e. The zero-order chi connectivity index (χ0) is 5.54. The molecule has 2 nitrogen and oxygen atoms in total. The minimum atomic E-state index is 0.300. The van der Waals surface area contributed by atoms with Gasteiger partial charge in [-0.3, -0.25) is 4.90 Å². The van der Waals surface area contributed by atoms with E-state index in [1.807, 2.05) is 0 Å². The predicted octanol–water partition coefficient (Wildman–Crippen LogP) is -0.787. The van der Waals surface area contributed by atoms with Crippen LogP contribution in [0, 0.1) is 23.7 Å². The first kappa shape index (κ1) is 3.35. The van der Waals surface area contributed by atoms with Crippen molar-refractivity contribution in [3.05, 3.63) is 0 Å². The average molecular weight is 120 g/mol. The van der Waals surface area contributed by atoms with Crippen molar-refractivity contribution in [2.24, 2.45) is 29.4 Å². The highest BCUT2D eigenvalue weighted by molar-refractivity contribution is 5.54. The molecule has 6 rings (SSSR count). The molecule has 3 aliphatic carbocycles. The van der Waals surface area contributed by atoms with E-state index in [1.54, 1.807) is 0 Å². The Morgan fingerprint density at radius 3 is 2.00 bits per heavy atom. The van der Waals surface area contributed by atoms with Gasteiger partial charge in [0.05, 0.1) is 5.66 Å². The van der Waals surface area contributed by atoms with Crippen molar-refractivity contribution in [3.63, 3.8) is 0 Å². The van der Waals surface area contributed by atoms with E-state index in [9.17, 15) is 0 Å². The van der Waals surface area contributed by atoms with Crippen LogP contribution in [0.1, 0.15) is 0 Å². The van der Waals surface area contributed by atoms with Gasteiger partial charge in [0.25, 0.3) is 0 Å². The molecule has 0 aromatic rings. The van der Waals surface area contributed by atoms with Crippen molar-refractivity contribution in [2.45, 2.75) is 17.7 Å². The molecular weight excluding hydrogens is 112 g/mol. The molecule has 6 aliphatic rings. The number of nitrogens with two attached hydrogens (primary N) is 1. The Labute approximate surface area is 53.0 Å². The van der Waals surface area contributed by atoms with E-state index in [1.165, 1.54) is 0 Å². The fourth-order valence-electron chi connectivity index (χ4n) is 4.78. The van der Waals surface area contributed by atoms with Gasteiger partial charge in [0.15, 0.2) is 0 Å². The Kier molecular flexibility index (Phi) is 0.195. The molecule has 3 saturated heterocycles. The van der Waals surface area contributed by atoms with Crippen LogP contribution in [-0.2, 0) is 0 Å². The van der Waals surface area contributed by atoms with Crippen molar-refractivity contribution in [3.8, 4) is 0 Å². The SMILES string of the molecule is NC12[C@@H]3C4C5[C@H]([C@H]41)N2[C@@H]53. The highest BCUT2D eigenvalue weighted by Crippen LogP contribution is 2.93. The van der Waals surface area contributed by atoms with E-state index in [-0.39, 0.29) is 0 Å². The lowest BCUT2D eigenvalue weighted by Gasteiger charge is -3.07. The van der Waals surface area contributed by atoms with Gasteiger partial charge in [0.2, 0.25) is 0 Å². The van der Waals surface area contributed by atoms with Crippen LogP contribution in [0.25, 0.3) is 0 Å². The first-order valence-corrected chi connectivity index (χ1v) is 3.94. The number of piperidine rings is 12. The number of hydrogen-bond acceptors (Lipinski definition) is 2. The van der Waals surface area contributed by atoms with Crippen LogP contribution in [0.2, 0.25) is 0 Å². The molecule has 6 fully saturated rings. The van der Waals surface area contributed by atoms with Crippen LogP contribution in [0.5, 0.6) is 0 Å². The molecule has 3 heterocycles. The molecule has 7 atom stereocenters. The molecule has 0 spiro atoms.